The van der Waals surface area contributed by atoms with Crippen molar-refractivity contribution >= 4 is 11.6 Å². The lowest BCUT2D eigenvalue weighted by molar-refractivity contribution is 0.102. The number of aryl methyl sites for hydroxylation is 1. The van der Waals surface area contributed by atoms with Crippen LogP contribution in [0.2, 0.25) is 0 Å². The van der Waals surface area contributed by atoms with Crippen LogP contribution in [0.1, 0.15) is 27.9 Å². The van der Waals surface area contributed by atoms with Gasteiger partial charge in [-0.3, -0.25) is 16.5 Å². The zero-order chi connectivity index (χ0) is 20.2. The molecule has 148 valence electrons. The summed E-state index contributed by atoms with van der Waals surface area (Å²) < 4.78 is 0. The maximum atomic E-state index is 12.7. The van der Waals surface area contributed by atoms with Gasteiger partial charge in [0.1, 0.15) is 0 Å². The molecule has 1 aliphatic rings. The van der Waals surface area contributed by atoms with E-state index in [1.165, 1.54) is 16.2 Å². The number of anilines is 1. The number of rotatable bonds is 5. The molecule has 1 aliphatic carbocycles. The fourth-order valence-corrected chi connectivity index (χ4v) is 4.01. The Morgan fingerprint density at radius 3 is 2.38 bits per heavy atom. The van der Waals surface area contributed by atoms with E-state index >= 15 is 0 Å². The van der Waals surface area contributed by atoms with Gasteiger partial charge >= 0.3 is 0 Å². The largest absolute Gasteiger partial charge is 0.322 e. The minimum Gasteiger partial charge on any atom is -0.322 e. The van der Waals surface area contributed by atoms with Crippen LogP contribution in [-0.4, -0.2) is 17.6 Å². The zero-order valence-electron chi connectivity index (χ0n) is 16.3. The van der Waals surface area contributed by atoms with Crippen molar-refractivity contribution in [1.82, 2.24) is 5.12 Å². The van der Waals surface area contributed by atoms with E-state index in [9.17, 15) is 4.79 Å². The second kappa shape index (κ2) is 8.57. The maximum absolute atomic E-state index is 12.7. The number of amides is 1. The third kappa shape index (κ3) is 4.71. The molecule has 0 saturated carbocycles. The minimum atomic E-state index is -0.0971. The molecule has 1 amide bonds. The van der Waals surface area contributed by atoms with E-state index < -0.39 is 0 Å². The smallest absolute Gasteiger partial charge is 0.255 e. The first-order valence-electron chi connectivity index (χ1n) is 9.94. The van der Waals surface area contributed by atoms with Crippen LogP contribution in [-0.2, 0) is 12.8 Å². The van der Waals surface area contributed by atoms with Gasteiger partial charge in [0.15, 0.2) is 0 Å². The molecule has 29 heavy (non-hydrogen) atoms. The van der Waals surface area contributed by atoms with Crippen molar-refractivity contribution < 1.29 is 4.79 Å². The van der Waals surface area contributed by atoms with Crippen LogP contribution in [0.3, 0.4) is 0 Å². The van der Waals surface area contributed by atoms with Gasteiger partial charge in [0.2, 0.25) is 0 Å². The quantitative estimate of drug-likeness (QED) is 0.460. The second-order valence-electron chi connectivity index (χ2n) is 7.69. The number of nitrogens with one attached hydrogen (secondary N) is 1. The van der Waals surface area contributed by atoms with Crippen molar-refractivity contribution in [2.45, 2.75) is 19.3 Å². The van der Waals surface area contributed by atoms with Gasteiger partial charge in [-0.05, 0) is 71.7 Å². The molecule has 0 aromatic heterocycles. The Bertz CT molecular complexity index is 984. The molecule has 0 radical (unpaired) electrons. The number of hydrogen-bond donors (Lipinski definition) is 3. The molecular weight excluding hydrogens is 360 g/mol. The fraction of sp³-hybridized carbons (Fsp3) is 0.208. The molecule has 0 aliphatic heterocycles. The van der Waals surface area contributed by atoms with Gasteiger partial charge in [-0.25, -0.2) is 0 Å². The summed E-state index contributed by atoms with van der Waals surface area (Å²) in [6.07, 6.45) is 3.00. The summed E-state index contributed by atoms with van der Waals surface area (Å²) in [7, 11) is 0. The molecule has 0 heterocycles. The Morgan fingerprint density at radius 2 is 1.66 bits per heavy atom. The summed E-state index contributed by atoms with van der Waals surface area (Å²) in [6.45, 7) is 0.691. The highest BCUT2D eigenvalue weighted by Crippen LogP contribution is 2.28. The molecule has 3 aromatic rings. The van der Waals surface area contributed by atoms with Crippen LogP contribution >= 0.6 is 0 Å². The standard InChI is InChI=1S/C24H26N4O/c25-28(26)16-17-6-7-22-15-23(13-12-21(22)14-17)27-24(29)20-10-8-19(9-11-20)18-4-2-1-3-5-18/h1-5,8-13,15,17H,6-7,14,16,25-26H2,(H,27,29). The summed E-state index contributed by atoms with van der Waals surface area (Å²) in [4.78, 5) is 12.7. The van der Waals surface area contributed by atoms with Gasteiger partial charge in [-0.15, -0.1) is 0 Å². The average molecular weight is 386 g/mol. The summed E-state index contributed by atoms with van der Waals surface area (Å²) in [6, 6.07) is 24.0. The van der Waals surface area contributed by atoms with E-state index in [1.807, 2.05) is 48.5 Å². The number of hydrogen-bond acceptors (Lipinski definition) is 4. The van der Waals surface area contributed by atoms with Crippen LogP contribution < -0.4 is 17.0 Å². The third-order valence-corrected chi connectivity index (χ3v) is 5.52. The Morgan fingerprint density at radius 1 is 0.931 bits per heavy atom. The van der Waals surface area contributed by atoms with E-state index in [0.717, 1.165) is 36.1 Å². The van der Waals surface area contributed by atoms with Gasteiger partial charge in [-0.2, -0.15) is 5.12 Å². The Balaban J connectivity index is 1.43. The van der Waals surface area contributed by atoms with E-state index in [2.05, 4.69) is 29.6 Å². The summed E-state index contributed by atoms with van der Waals surface area (Å²) >= 11 is 0. The molecule has 0 bridgehead atoms. The van der Waals surface area contributed by atoms with Crippen LogP contribution in [0, 0.1) is 5.92 Å². The van der Waals surface area contributed by atoms with Crippen molar-refractivity contribution in [3.63, 3.8) is 0 Å². The predicted molar refractivity (Wildman–Crippen MR) is 117 cm³/mol. The molecule has 5 N–H and O–H groups in total. The highest BCUT2D eigenvalue weighted by Gasteiger charge is 2.20. The zero-order valence-corrected chi connectivity index (χ0v) is 16.3. The van der Waals surface area contributed by atoms with E-state index in [-0.39, 0.29) is 5.91 Å². The lowest BCUT2D eigenvalue weighted by Gasteiger charge is -2.26. The van der Waals surface area contributed by atoms with Crippen molar-refractivity contribution in [3.8, 4) is 11.1 Å². The monoisotopic (exact) mass is 386 g/mol. The van der Waals surface area contributed by atoms with E-state index in [4.69, 9.17) is 11.7 Å². The molecule has 0 fully saturated rings. The second-order valence-corrected chi connectivity index (χ2v) is 7.69. The first-order chi connectivity index (χ1) is 14.1. The molecule has 3 aromatic carbocycles. The maximum Gasteiger partial charge on any atom is 0.255 e. The normalized spacial score (nSPS) is 15.8. The first kappa shape index (κ1) is 19.3. The van der Waals surface area contributed by atoms with E-state index in [0.29, 0.717) is 18.0 Å². The third-order valence-electron chi connectivity index (χ3n) is 5.52. The molecule has 0 saturated heterocycles. The van der Waals surface area contributed by atoms with Gasteiger partial charge in [-0.1, -0.05) is 48.5 Å². The van der Waals surface area contributed by atoms with Gasteiger partial charge in [0.05, 0.1) is 0 Å². The number of benzene rings is 3. The van der Waals surface area contributed by atoms with Gasteiger partial charge < -0.3 is 5.32 Å². The van der Waals surface area contributed by atoms with Crippen LogP contribution in [0.4, 0.5) is 5.69 Å². The fourth-order valence-electron chi connectivity index (χ4n) is 4.01. The molecule has 5 nitrogen and oxygen atoms in total. The first-order valence-corrected chi connectivity index (χ1v) is 9.94. The van der Waals surface area contributed by atoms with Crippen molar-refractivity contribution in [2.24, 2.45) is 17.6 Å². The Labute approximate surface area is 171 Å². The number of carbonyl (C=O) groups is 1. The van der Waals surface area contributed by atoms with Crippen molar-refractivity contribution in [3.05, 3.63) is 89.5 Å². The molecule has 5 heteroatoms. The highest BCUT2D eigenvalue weighted by molar-refractivity contribution is 6.04. The molecule has 1 atom stereocenters. The summed E-state index contributed by atoms with van der Waals surface area (Å²) in [5.74, 6) is 11.5. The lowest BCUT2D eigenvalue weighted by Crippen LogP contribution is -2.42. The van der Waals surface area contributed by atoms with Crippen molar-refractivity contribution in [1.29, 1.82) is 0 Å². The van der Waals surface area contributed by atoms with Gasteiger partial charge in [0.25, 0.3) is 5.91 Å². The van der Waals surface area contributed by atoms with Crippen molar-refractivity contribution in [2.75, 3.05) is 11.9 Å². The molecule has 4 rings (SSSR count). The Kier molecular flexibility index (Phi) is 5.71. The molecule has 1 unspecified atom stereocenters. The minimum absolute atomic E-state index is 0.0971. The average Bonchev–Trinajstić information content (AvgIpc) is 2.74. The summed E-state index contributed by atoms with van der Waals surface area (Å²) in [5.41, 5.74) is 6.32. The SMILES string of the molecule is NN(N)CC1CCc2cc(NC(=O)c3ccc(-c4ccccc4)cc3)ccc2C1. The molecular formula is C24H26N4O. The summed E-state index contributed by atoms with van der Waals surface area (Å²) in [5, 5.41) is 4.29. The van der Waals surface area contributed by atoms with Crippen LogP contribution in [0.15, 0.2) is 72.8 Å². The molecule has 0 spiro atoms. The Hall–Kier alpha value is -2.99. The number of nitrogens with zero attached hydrogens (tertiary/aromatic N) is 1. The number of carbonyl (C=O) groups excluding carboxylic acids is 1. The van der Waals surface area contributed by atoms with E-state index in [1.54, 1.807) is 0 Å². The van der Waals surface area contributed by atoms with Gasteiger partial charge in [0, 0.05) is 17.8 Å². The highest BCUT2D eigenvalue weighted by atomic mass is 16.1. The lowest BCUT2D eigenvalue weighted by atomic mass is 9.83. The number of hydrazine groups is 2. The topological polar surface area (TPSA) is 84.4 Å². The van der Waals surface area contributed by atoms with Crippen LogP contribution in [0.25, 0.3) is 11.1 Å². The predicted octanol–water partition coefficient (Wildman–Crippen LogP) is 3.76. The number of nitrogens with two attached hydrogens (primary N) is 2. The van der Waals surface area contributed by atoms with Crippen LogP contribution in [0.5, 0.6) is 0 Å². The number of fused-ring (bicyclic) bond motifs is 1.